The maximum absolute atomic E-state index is 12.7. The molecule has 1 amide bonds. The first kappa shape index (κ1) is 19.1. The van der Waals surface area contributed by atoms with E-state index in [1.54, 1.807) is 54.6 Å². The van der Waals surface area contributed by atoms with E-state index in [0.29, 0.717) is 0 Å². The van der Waals surface area contributed by atoms with Crippen molar-refractivity contribution in [1.82, 2.24) is 5.32 Å². The molecule has 0 saturated carbocycles. The van der Waals surface area contributed by atoms with E-state index in [2.05, 4.69) is 5.32 Å². The van der Waals surface area contributed by atoms with Crippen LogP contribution in [0, 0.1) is 0 Å². The number of hydrogen-bond acceptors (Lipinski definition) is 5. The highest BCUT2D eigenvalue weighted by Crippen LogP contribution is 2.06. The second-order valence-electron chi connectivity index (χ2n) is 5.41. The van der Waals surface area contributed by atoms with Crippen molar-refractivity contribution in [1.29, 1.82) is 0 Å². The van der Waals surface area contributed by atoms with Crippen LogP contribution in [0.1, 0.15) is 17.5 Å². The normalized spacial score (nSPS) is 11.3. The minimum absolute atomic E-state index is 0.0258. The topological polar surface area (TPSA) is 81.7 Å². The molecular weight excluding hydrogens is 341 g/mol. The van der Waals surface area contributed by atoms with Gasteiger partial charge in [-0.15, -0.1) is 0 Å². The molecule has 0 radical (unpaired) electrons. The molecule has 1 N–H and O–H groups in total. The van der Waals surface area contributed by atoms with E-state index >= 15 is 0 Å². The number of carbonyl (C=O) groups excluding carboxylic acids is 3. The Labute approximate surface area is 149 Å². The summed E-state index contributed by atoms with van der Waals surface area (Å²) in [7, 11) is 0. The highest BCUT2D eigenvalue weighted by Gasteiger charge is 2.26. The van der Waals surface area contributed by atoms with Gasteiger partial charge in [-0.2, -0.15) is 4.39 Å². The molecule has 7 heteroatoms. The van der Waals surface area contributed by atoms with Gasteiger partial charge in [0.2, 0.25) is 0 Å². The number of hydrogen-bond donors (Lipinski definition) is 1. The van der Waals surface area contributed by atoms with E-state index in [-0.39, 0.29) is 13.2 Å². The lowest BCUT2D eigenvalue weighted by Gasteiger charge is -2.16. The van der Waals surface area contributed by atoms with Gasteiger partial charge in [0, 0.05) is 0 Å². The molecule has 0 aromatic heterocycles. The molecule has 2 aromatic carbocycles. The van der Waals surface area contributed by atoms with Gasteiger partial charge in [0.1, 0.15) is 19.3 Å². The van der Waals surface area contributed by atoms with E-state index in [0.717, 1.165) is 11.1 Å². The monoisotopic (exact) mass is 359 g/mol. The summed E-state index contributed by atoms with van der Waals surface area (Å²) in [4.78, 5) is 34.6. The first-order valence-electron chi connectivity index (χ1n) is 7.90. The summed E-state index contributed by atoms with van der Waals surface area (Å²) >= 11 is 0. The molecule has 0 unspecified atom stereocenters. The lowest BCUT2D eigenvalue weighted by molar-refractivity contribution is -0.149. The lowest BCUT2D eigenvalue weighted by atomic mass is 10.2. The third kappa shape index (κ3) is 6.72. The first-order chi connectivity index (χ1) is 12.5. The zero-order valence-corrected chi connectivity index (χ0v) is 13.9. The minimum Gasteiger partial charge on any atom is -0.459 e. The smallest absolute Gasteiger partial charge is 0.408 e. The largest absolute Gasteiger partial charge is 0.459 e. The van der Waals surface area contributed by atoms with Crippen LogP contribution in [-0.4, -0.2) is 24.1 Å². The highest BCUT2D eigenvalue weighted by molar-refractivity contribution is 5.85. The van der Waals surface area contributed by atoms with Crippen molar-refractivity contribution in [3.8, 4) is 0 Å². The number of esters is 1. The van der Waals surface area contributed by atoms with Crippen molar-refractivity contribution in [2.24, 2.45) is 0 Å². The van der Waals surface area contributed by atoms with Crippen molar-refractivity contribution in [2.75, 3.05) is 0 Å². The van der Waals surface area contributed by atoms with E-state index in [4.69, 9.17) is 9.47 Å². The second-order valence-corrected chi connectivity index (χ2v) is 5.41. The summed E-state index contributed by atoms with van der Waals surface area (Å²) in [6.07, 6.45) is -1.77. The molecule has 26 heavy (non-hydrogen) atoms. The number of nitrogens with one attached hydrogen (secondary N) is 1. The molecule has 2 aromatic rings. The lowest BCUT2D eigenvalue weighted by Crippen LogP contribution is -2.43. The van der Waals surface area contributed by atoms with Gasteiger partial charge in [-0.05, 0) is 11.1 Å². The SMILES string of the molecule is O=C(F)C[C@H](NC(=O)OCc1ccccc1)C(=O)OCc1ccccc1. The fraction of sp³-hybridized carbons (Fsp3) is 0.211. The Kier molecular flexibility index (Phi) is 7.30. The molecule has 1 atom stereocenters. The zero-order chi connectivity index (χ0) is 18.8. The molecular formula is C19H18FNO5. The Hall–Kier alpha value is -3.22. The Morgan fingerprint density at radius 1 is 0.846 bits per heavy atom. The molecule has 136 valence electrons. The Bertz CT molecular complexity index is 736. The van der Waals surface area contributed by atoms with Crippen molar-refractivity contribution in [2.45, 2.75) is 25.7 Å². The summed E-state index contributed by atoms with van der Waals surface area (Å²) < 4.78 is 22.7. The third-order valence-corrected chi connectivity index (χ3v) is 3.38. The van der Waals surface area contributed by atoms with Crippen LogP contribution in [0.5, 0.6) is 0 Å². The van der Waals surface area contributed by atoms with Crippen molar-refractivity contribution in [3.63, 3.8) is 0 Å². The minimum atomic E-state index is -1.74. The van der Waals surface area contributed by atoms with E-state index < -0.39 is 30.6 Å². The van der Waals surface area contributed by atoms with E-state index in [1.165, 1.54) is 0 Å². The number of amides is 1. The third-order valence-electron chi connectivity index (χ3n) is 3.38. The number of halogens is 1. The highest BCUT2D eigenvalue weighted by atomic mass is 19.1. The van der Waals surface area contributed by atoms with Gasteiger partial charge in [0.15, 0.2) is 0 Å². The van der Waals surface area contributed by atoms with Gasteiger partial charge < -0.3 is 14.8 Å². The van der Waals surface area contributed by atoms with Gasteiger partial charge >= 0.3 is 18.1 Å². The van der Waals surface area contributed by atoms with Gasteiger partial charge in [0.05, 0.1) is 6.42 Å². The number of ether oxygens (including phenoxy) is 2. The van der Waals surface area contributed by atoms with Crippen molar-refractivity contribution in [3.05, 3.63) is 71.8 Å². The summed E-state index contributed by atoms with van der Waals surface area (Å²) in [5, 5.41) is 2.16. The van der Waals surface area contributed by atoms with Crippen LogP contribution in [0.4, 0.5) is 9.18 Å². The van der Waals surface area contributed by atoms with Crippen LogP contribution in [-0.2, 0) is 32.3 Å². The summed E-state index contributed by atoms with van der Waals surface area (Å²) in [5.74, 6) is -0.920. The number of alkyl carbamates (subject to hydrolysis) is 1. The fourth-order valence-corrected chi connectivity index (χ4v) is 2.09. The summed E-state index contributed by atoms with van der Waals surface area (Å²) in [6.45, 7) is -0.0839. The Balaban J connectivity index is 1.87. The summed E-state index contributed by atoms with van der Waals surface area (Å²) in [5.41, 5.74) is 1.46. The standard InChI is InChI=1S/C19H18FNO5/c20-17(22)11-16(18(23)25-12-14-7-3-1-4-8-14)21-19(24)26-13-15-9-5-2-6-10-15/h1-10,16H,11-13H2,(H,21,24)/t16-/m0/s1. The Morgan fingerprint density at radius 3 is 1.85 bits per heavy atom. The second kappa shape index (κ2) is 9.93. The molecule has 0 heterocycles. The van der Waals surface area contributed by atoms with Crippen LogP contribution >= 0.6 is 0 Å². The van der Waals surface area contributed by atoms with Crippen LogP contribution < -0.4 is 5.32 Å². The molecule has 0 aliphatic rings. The molecule has 2 rings (SSSR count). The average molecular weight is 359 g/mol. The van der Waals surface area contributed by atoms with Gasteiger partial charge in [0.25, 0.3) is 0 Å². The maximum atomic E-state index is 12.7. The van der Waals surface area contributed by atoms with Crippen LogP contribution in [0.2, 0.25) is 0 Å². The van der Waals surface area contributed by atoms with Crippen molar-refractivity contribution >= 4 is 18.1 Å². The van der Waals surface area contributed by atoms with Crippen molar-refractivity contribution < 1.29 is 28.2 Å². The molecule has 6 nitrogen and oxygen atoms in total. The molecule has 0 saturated heterocycles. The van der Waals surface area contributed by atoms with E-state index in [1.807, 2.05) is 6.07 Å². The number of carbonyl (C=O) groups is 3. The Morgan fingerprint density at radius 2 is 1.35 bits per heavy atom. The van der Waals surface area contributed by atoms with Crippen LogP contribution in [0.25, 0.3) is 0 Å². The van der Waals surface area contributed by atoms with Gasteiger partial charge in [-0.25, -0.2) is 9.59 Å². The molecule has 0 aliphatic heterocycles. The summed E-state index contributed by atoms with van der Waals surface area (Å²) in [6, 6.07) is 14.5. The van der Waals surface area contributed by atoms with Crippen LogP contribution in [0.15, 0.2) is 60.7 Å². The number of rotatable bonds is 8. The first-order valence-corrected chi connectivity index (χ1v) is 7.90. The maximum Gasteiger partial charge on any atom is 0.408 e. The molecule has 0 spiro atoms. The van der Waals surface area contributed by atoms with Crippen LogP contribution in [0.3, 0.4) is 0 Å². The fourth-order valence-electron chi connectivity index (χ4n) is 2.09. The molecule has 0 bridgehead atoms. The van der Waals surface area contributed by atoms with E-state index in [9.17, 15) is 18.8 Å². The van der Waals surface area contributed by atoms with Gasteiger partial charge in [-0.3, -0.25) is 4.79 Å². The average Bonchev–Trinajstić information content (AvgIpc) is 2.65. The number of benzene rings is 2. The molecule has 0 fully saturated rings. The predicted molar refractivity (Wildman–Crippen MR) is 90.5 cm³/mol. The van der Waals surface area contributed by atoms with Gasteiger partial charge in [-0.1, -0.05) is 60.7 Å². The predicted octanol–water partition coefficient (Wildman–Crippen LogP) is 2.91. The zero-order valence-electron chi connectivity index (χ0n) is 13.9. The molecule has 0 aliphatic carbocycles. The quantitative estimate of drug-likeness (QED) is 0.579.